The van der Waals surface area contributed by atoms with E-state index in [2.05, 4.69) is 10.6 Å². The minimum Gasteiger partial charge on any atom is -0.497 e. The molecule has 1 aliphatic rings. The highest BCUT2D eigenvalue weighted by Gasteiger charge is 2.15. The number of ether oxygens (including phenoxy) is 2. The van der Waals surface area contributed by atoms with E-state index in [9.17, 15) is 9.59 Å². The fraction of sp³-hybridized carbons (Fsp3) is 0.222. The maximum Gasteiger partial charge on any atom is 0.262 e. The molecule has 1 aliphatic heterocycles. The highest BCUT2D eigenvalue weighted by Crippen LogP contribution is 2.28. The molecule has 0 bridgehead atoms. The molecule has 124 valence electrons. The van der Waals surface area contributed by atoms with E-state index < -0.39 is 0 Å². The molecule has 0 aromatic heterocycles. The van der Waals surface area contributed by atoms with Crippen LogP contribution in [0.5, 0.6) is 11.5 Å². The molecule has 0 aliphatic carbocycles. The van der Waals surface area contributed by atoms with Gasteiger partial charge in [-0.25, -0.2) is 0 Å². The number of nitrogens with one attached hydrogen (secondary N) is 2. The number of carbonyl (C=O) groups is 2. The lowest BCUT2D eigenvalue weighted by Crippen LogP contribution is -2.26. The van der Waals surface area contributed by atoms with Crippen LogP contribution in [0.1, 0.15) is 15.9 Å². The molecular weight excluding hydrogens is 308 g/mol. The summed E-state index contributed by atoms with van der Waals surface area (Å²) < 4.78 is 10.4. The van der Waals surface area contributed by atoms with E-state index in [4.69, 9.17) is 9.47 Å². The van der Waals surface area contributed by atoms with Gasteiger partial charge in [-0.2, -0.15) is 0 Å². The minimum atomic E-state index is -0.160. The van der Waals surface area contributed by atoms with Gasteiger partial charge >= 0.3 is 0 Å². The van der Waals surface area contributed by atoms with E-state index in [1.54, 1.807) is 31.4 Å². The SMILES string of the molecule is COc1ccc(C(=O)NCCc2ccc3c(c2)NC(=O)CO3)cc1. The van der Waals surface area contributed by atoms with Crippen LogP contribution in [-0.4, -0.2) is 32.1 Å². The number of benzene rings is 2. The zero-order valence-corrected chi connectivity index (χ0v) is 13.3. The Morgan fingerprint density at radius 2 is 2.04 bits per heavy atom. The summed E-state index contributed by atoms with van der Waals surface area (Å²) in [6.45, 7) is 0.544. The van der Waals surface area contributed by atoms with Crippen molar-refractivity contribution in [1.29, 1.82) is 0 Å². The van der Waals surface area contributed by atoms with Crippen molar-refractivity contribution >= 4 is 17.5 Å². The number of methoxy groups -OCH3 is 1. The molecule has 0 saturated carbocycles. The molecule has 6 nitrogen and oxygen atoms in total. The highest BCUT2D eigenvalue weighted by atomic mass is 16.5. The summed E-state index contributed by atoms with van der Waals surface area (Å²) in [6.07, 6.45) is 0.658. The first-order valence-electron chi connectivity index (χ1n) is 7.63. The van der Waals surface area contributed by atoms with Crippen molar-refractivity contribution in [2.45, 2.75) is 6.42 Å². The van der Waals surface area contributed by atoms with Gasteiger partial charge in [-0.05, 0) is 48.4 Å². The summed E-state index contributed by atoms with van der Waals surface area (Å²) in [5, 5.41) is 5.65. The topological polar surface area (TPSA) is 76.7 Å². The predicted molar refractivity (Wildman–Crippen MR) is 89.6 cm³/mol. The second-order valence-electron chi connectivity index (χ2n) is 5.40. The van der Waals surface area contributed by atoms with Gasteiger partial charge in [0.05, 0.1) is 12.8 Å². The molecule has 1 heterocycles. The molecule has 24 heavy (non-hydrogen) atoms. The molecule has 0 spiro atoms. The Bertz CT molecular complexity index is 756. The molecule has 3 rings (SSSR count). The van der Waals surface area contributed by atoms with Crippen LogP contribution in [0.4, 0.5) is 5.69 Å². The average molecular weight is 326 g/mol. The van der Waals surface area contributed by atoms with Gasteiger partial charge in [-0.15, -0.1) is 0 Å². The number of fused-ring (bicyclic) bond motifs is 1. The summed E-state index contributed by atoms with van der Waals surface area (Å²) in [5.41, 5.74) is 2.27. The quantitative estimate of drug-likeness (QED) is 0.881. The monoisotopic (exact) mass is 326 g/mol. The first-order valence-corrected chi connectivity index (χ1v) is 7.63. The molecule has 2 N–H and O–H groups in total. The molecule has 0 radical (unpaired) electrons. The van der Waals surface area contributed by atoms with Crippen molar-refractivity contribution in [2.24, 2.45) is 0 Å². The van der Waals surface area contributed by atoms with Crippen LogP contribution < -0.4 is 20.1 Å². The summed E-state index contributed by atoms with van der Waals surface area (Å²) in [7, 11) is 1.58. The van der Waals surface area contributed by atoms with E-state index in [1.165, 1.54) is 0 Å². The molecule has 2 amide bonds. The Balaban J connectivity index is 1.55. The first-order chi connectivity index (χ1) is 11.7. The Morgan fingerprint density at radius 1 is 1.25 bits per heavy atom. The fourth-order valence-corrected chi connectivity index (χ4v) is 2.45. The van der Waals surface area contributed by atoms with Gasteiger partial charge in [0.15, 0.2) is 6.61 Å². The Kier molecular flexibility index (Phi) is 4.65. The summed E-state index contributed by atoms with van der Waals surface area (Å²) in [4.78, 5) is 23.4. The smallest absolute Gasteiger partial charge is 0.262 e. The molecule has 0 atom stereocenters. The highest BCUT2D eigenvalue weighted by molar-refractivity contribution is 5.95. The number of rotatable bonds is 5. The van der Waals surface area contributed by atoms with Crippen LogP contribution in [0.25, 0.3) is 0 Å². The van der Waals surface area contributed by atoms with Crippen molar-refractivity contribution in [2.75, 3.05) is 25.6 Å². The second kappa shape index (κ2) is 7.04. The first kappa shape index (κ1) is 15.9. The van der Waals surface area contributed by atoms with Crippen molar-refractivity contribution in [3.8, 4) is 11.5 Å². The Labute approximate surface area is 139 Å². The summed E-state index contributed by atoms with van der Waals surface area (Å²) in [6, 6.07) is 12.6. The molecule has 6 heteroatoms. The van der Waals surface area contributed by atoms with E-state index in [-0.39, 0.29) is 18.4 Å². The van der Waals surface area contributed by atoms with Gasteiger partial charge in [0, 0.05) is 12.1 Å². The van der Waals surface area contributed by atoms with Crippen LogP contribution in [0.15, 0.2) is 42.5 Å². The van der Waals surface area contributed by atoms with E-state index in [0.29, 0.717) is 35.7 Å². The summed E-state index contributed by atoms with van der Waals surface area (Å²) in [5.74, 6) is 1.09. The zero-order chi connectivity index (χ0) is 16.9. The maximum atomic E-state index is 12.1. The molecular formula is C18H18N2O4. The number of amides is 2. The Morgan fingerprint density at radius 3 is 2.79 bits per heavy atom. The lowest BCUT2D eigenvalue weighted by molar-refractivity contribution is -0.118. The third-order valence-corrected chi connectivity index (χ3v) is 3.73. The second-order valence-corrected chi connectivity index (χ2v) is 5.40. The lowest BCUT2D eigenvalue weighted by Gasteiger charge is -2.18. The molecule has 0 fully saturated rings. The van der Waals surface area contributed by atoms with Crippen LogP contribution >= 0.6 is 0 Å². The van der Waals surface area contributed by atoms with Crippen LogP contribution in [0.2, 0.25) is 0 Å². The third kappa shape index (κ3) is 3.65. The minimum absolute atomic E-state index is 0.0459. The fourth-order valence-electron chi connectivity index (χ4n) is 2.45. The maximum absolute atomic E-state index is 12.1. The lowest BCUT2D eigenvalue weighted by atomic mass is 10.1. The number of hydrogen-bond donors (Lipinski definition) is 2. The molecule has 2 aromatic carbocycles. The van der Waals surface area contributed by atoms with Crippen LogP contribution in [0.3, 0.4) is 0 Å². The van der Waals surface area contributed by atoms with Gasteiger partial charge in [-0.3, -0.25) is 9.59 Å². The number of carbonyl (C=O) groups excluding carboxylic acids is 2. The normalized spacial score (nSPS) is 12.6. The number of anilines is 1. The predicted octanol–water partition coefficient (Wildman–Crippen LogP) is 2.00. The van der Waals surface area contributed by atoms with Gasteiger partial charge in [-0.1, -0.05) is 6.07 Å². The average Bonchev–Trinajstić information content (AvgIpc) is 2.61. The van der Waals surface area contributed by atoms with Crippen LogP contribution in [0, 0.1) is 0 Å². The summed E-state index contributed by atoms with van der Waals surface area (Å²) >= 11 is 0. The van der Waals surface area contributed by atoms with Gasteiger partial charge in [0.2, 0.25) is 0 Å². The van der Waals surface area contributed by atoms with E-state index in [1.807, 2.05) is 18.2 Å². The number of hydrogen-bond acceptors (Lipinski definition) is 4. The van der Waals surface area contributed by atoms with Crippen LogP contribution in [-0.2, 0) is 11.2 Å². The van der Waals surface area contributed by atoms with Crippen molar-refractivity contribution in [3.63, 3.8) is 0 Å². The molecule has 0 saturated heterocycles. The van der Waals surface area contributed by atoms with Crippen molar-refractivity contribution in [1.82, 2.24) is 5.32 Å². The zero-order valence-electron chi connectivity index (χ0n) is 13.3. The van der Waals surface area contributed by atoms with Gasteiger partial charge in [0.25, 0.3) is 11.8 Å². The molecule has 2 aromatic rings. The van der Waals surface area contributed by atoms with E-state index >= 15 is 0 Å². The largest absolute Gasteiger partial charge is 0.497 e. The third-order valence-electron chi connectivity index (χ3n) is 3.73. The van der Waals surface area contributed by atoms with E-state index in [0.717, 1.165) is 5.56 Å². The molecule has 0 unspecified atom stereocenters. The van der Waals surface area contributed by atoms with Gasteiger partial charge in [0.1, 0.15) is 11.5 Å². The Hall–Kier alpha value is -3.02. The van der Waals surface area contributed by atoms with Gasteiger partial charge < -0.3 is 20.1 Å². The standard InChI is InChI=1S/C18H18N2O4/c1-23-14-5-3-13(4-6-14)18(22)19-9-8-12-2-7-16-15(10-12)20-17(21)11-24-16/h2-7,10H,8-9,11H2,1H3,(H,19,22)(H,20,21). The van der Waals surface area contributed by atoms with Crippen molar-refractivity contribution in [3.05, 3.63) is 53.6 Å². The van der Waals surface area contributed by atoms with Crippen molar-refractivity contribution < 1.29 is 19.1 Å².